The van der Waals surface area contributed by atoms with Crippen molar-refractivity contribution in [3.63, 3.8) is 0 Å². The molecule has 1 amide bonds. The van der Waals surface area contributed by atoms with Crippen LogP contribution in [-0.2, 0) is 6.42 Å². The number of nitrogens with one attached hydrogen (secondary N) is 1. The molecular weight excluding hydrogens is 309 g/mol. The number of aromatic nitrogens is 1. The fourth-order valence-corrected chi connectivity index (χ4v) is 2.87. The van der Waals surface area contributed by atoms with Crippen molar-refractivity contribution in [1.29, 1.82) is 0 Å². The molecule has 2 atom stereocenters. The van der Waals surface area contributed by atoms with Crippen molar-refractivity contribution < 1.29 is 14.3 Å². The van der Waals surface area contributed by atoms with E-state index in [0.717, 1.165) is 18.5 Å². The molecule has 1 aromatic carbocycles. The van der Waals surface area contributed by atoms with Crippen LogP contribution in [0.15, 0.2) is 48.7 Å². The largest absolute Gasteiger partial charge is 0.390 e. The standard InChI is InChI=1S/C18H20FN3O2/c19-14-6-4-13(5-7-14)8-10-22-11-16(17(23)12-22)21-18(24)15-3-1-2-9-20-15/h1-7,9,16-17,23H,8,10-12H2,(H,21,24)/t16-,17-/m1/s1. The molecule has 1 aliphatic heterocycles. The van der Waals surface area contributed by atoms with Gasteiger partial charge in [0.1, 0.15) is 11.5 Å². The number of carbonyl (C=O) groups excluding carboxylic acids is 1. The number of rotatable bonds is 5. The molecule has 0 aliphatic carbocycles. The maximum absolute atomic E-state index is 12.9. The normalized spacial score (nSPS) is 20.9. The third kappa shape index (κ3) is 4.15. The molecule has 2 aromatic rings. The van der Waals surface area contributed by atoms with Gasteiger partial charge in [-0.15, -0.1) is 0 Å². The van der Waals surface area contributed by atoms with Crippen molar-refractivity contribution in [1.82, 2.24) is 15.2 Å². The highest BCUT2D eigenvalue weighted by Crippen LogP contribution is 2.12. The Morgan fingerprint density at radius 1 is 1.25 bits per heavy atom. The molecule has 6 heteroatoms. The zero-order valence-corrected chi connectivity index (χ0v) is 13.2. The minimum absolute atomic E-state index is 0.243. The molecule has 0 saturated carbocycles. The van der Waals surface area contributed by atoms with E-state index >= 15 is 0 Å². The number of nitrogens with zero attached hydrogens (tertiary/aromatic N) is 2. The van der Waals surface area contributed by atoms with Crippen molar-refractivity contribution in [2.45, 2.75) is 18.6 Å². The third-order valence-electron chi connectivity index (χ3n) is 4.21. The number of amides is 1. The maximum atomic E-state index is 12.9. The molecule has 126 valence electrons. The van der Waals surface area contributed by atoms with E-state index in [2.05, 4.69) is 15.2 Å². The lowest BCUT2D eigenvalue weighted by molar-refractivity contribution is 0.0883. The predicted molar refractivity (Wildman–Crippen MR) is 88.0 cm³/mol. The number of hydrogen-bond donors (Lipinski definition) is 2. The fourth-order valence-electron chi connectivity index (χ4n) is 2.87. The second-order valence-electron chi connectivity index (χ2n) is 6.00. The highest BCUT2D eigenvalue weighted by Gasteiger charge is 2.32. The molecule has 0 radical (unpaired) electrons. The summed E-state index contributed by atoms with van der Waals surface area (Å²) in [5.41, 5.74) is 1.39. The fraction of sp³-hybridized carbons (Fsp3) is 0.333. The summed E-state index contributed by atoms with van der Waals surface area (Å²) in [6.45, 7) is 1.84. The molecule has 1 fully saturated rings. The number of β-amino-alcohol motifs (C(OH)–C–C–N with tert-alkyl or cyclic N) is 1. The number of aliphatic hydroxyl groups excluding tert-OH is 1. The van der Waals surface area contributed by atoms with Crippen molar-refractivity contribution in [3.05, 3.63) is 65.7 Å². The van der Waals surface area contributed by atoms with E-state index in [4.69, 9.17) is 0 Å². The quantitative estimate of drug-likeness (QED) is 0.866. The van der Waals surface area contributed by atoms with Crippen LogP contribution in [0.1, 0.15) is 16.1 Å². The predicted octanol–water partition coefficient (Wildman–Crippen LogP) is 1.24. The Labute approximate surface area is 140 Å². The van der Waals surface area contributed by atoms with E-state index in [0.29, 0.717) is 18.8 Å². The van der Waals surface area contributed by atoms with Gasteiger partial charge in [0.05, 0.1) is 12.1 Å². The maximum Gasteiger partial charge on any atom is 0.270 e. The Morgan fingerprint density at radius 3 is 2.75 bits per heavy atom. The Kier molecular flexibility index (Phi) is 5.17. The minimum atomic E-state index is -0.606. The molecule has 1 saturated heterocycles. The van der Waals surface area contributed by atoms with Crippen LogP contribution >= 0.6 is 0 Å². The van der Waals surface area contributed by atoms with Crippen LogP contribution in [-0.4, -0.2) is 52.7 Å². The summed E-state index contributed by atoms with van der Waals surface area (Å²) in [4.78, 5) is 18.2. The lowest BCUT2D eigenvalue weighted by atomic mass is 10.1. The van der Waals surface area contributed by atoms with Crippen LogP contribution in [0, 0.1) is 5.82 Å². The Balaban J connectivity index is 1.51. The summed E-state index contributed by atoms with van der Waals surface area (Å²) in [5.74, 6) is -0.521. The first-order chi connectivity index (χ1) is 11.6. The first-order valence-corrected chi connectivity index (χ1v) is 7.98. The van der Waals surface area contributed by atoms with Crippen molar-refractivity contribution >= 4 is 5.91 Å². The molecule has 24 heavy (non-hydrogen) atoms. The van der Waals surface area contributed by atoms with Crippen LogP contribution in [0.4, 0.5) is 4.39 Å². The molecule has 2 heterocycles. The van der Waals surface area contributed by atoms with Crippen LogP contribution in [0.25, 0.3) is 0 Å². The number of benzene rings is 1. The highest BCUT2D eigenvalue weighted by molar-refractivity contribution is 5.92. The Morgan fingerprint density at radius 2 is 2.04 bits per heavy atom. The molecule has 2 N–H and O–H groups in total. The minimum Gasteiger partial charge on any atom is -0.390 e. The monoisotopic (exact) mass is 329 g/mol. The van der Waals surface area contributed by atoms with E-state index in [1.54, 1.807) is 36.5 Å². The van der Waals surface area contributed by atoms with Crippen molar-refractivity contribution in [2.24, 2.45) is 0 Å². The summed E-state index contributed by atoms with van der Waals surface area (Å²) in [7, 11) is 0. The van der Waals surface area contributed by atoms with E-state index < -0.39 is 6.10 Å². The molecule has 0 spiro atoms. The highest BCUT2D eigenvalue weighted by atomic mass is 19.1. The third-order valence-corrected chi connectivity index (χ3v) is 4.21. The summed E-state index contributed by atoms with van der Waals surface area (Å²) in [5, 5.41) is 13.0. The molecule has 1 aromatic heterocycles. The number of hydrogen-bond acceptors (Lipinski definition) is 4. The van der Waals surface area contributed by atoms with E-state index in [9.17, 15) is 14.3 Å². The zero-order chi connectivity index (χ0) is 16.9. The lowest BCUT2D eigenvalue weighted by Crippen LogP contribution is -2.43. The molecular formula is C18H20FN3O2. The molecule has 5 nitrogen and oxygen atoms in total. The molecule has 3 rings (SSSR count). The van der Waals surface area contributed by atoms with Crippen molar-refractivity contribution in [2.75, 3.05) is 19.6 Å². The SMILES string of the molecule is O=C(N[C@@H]1CN(CCc2ccc(F)cc2)C[C@H]1O)c1ccccn1. The van der Waals surface area contributed by atoms with Crippen LogP contribution in [0.2, 0.25) is 0 Å². The van der Waals surface area contributed by atoms with Crippen LogP contribution < -0.4 is 5.32 Å². The van der Waals surface area contributed by atoms with Gasteiger partial charge in [0.25, 0.3) is 5.91 Å². The van der Waals surface area contributed by atoms with Gasteiger partial charge in [-0.3, -0.25) is 14.7 Å². The number of pyridine rings is 1. The number of aliphatic hydroxyl groups is 1. The summed E-state index contributed by atoms with van der Waals surface area (Å²) >= 11 is 0. The second kappa shape index (κ2) is 7.51. The second-order valence-corrected chi connectivity index (χ2v) is 6.00. The van der Waals surface area contributed by atoms with E-state index in [-0.39, 0.29) is 17.8 Å². The molecule has 0 unspecified atom stereocenters. The van der Waals surface area contributed by atoms with Crippen molar-refractivity contribution in [3.8, 4) is 0 Å². The van der Waals surface area contributed by atoms with E-state index in [1.165, 1.54) is 12.1 Å². The van der Waals surface area contributed by atoms with Gasteiger partial charge in [-0.1, -0.05) is 18.2 Å². The van der Waals surface area contributed by atoms with Gasteiger partial charge in [-0.25, -0.2) is 4.39 Å². The Hall–Kier alpha value is -2.31. The van der Waals surface area contributed by atoms with Gasteiger partial charge in [-0.2, -0.15) is 0 Å². The van der Waals surface area contributed by atoms with Gasteiger partial charge in [-0.05, 0) is 36.2 Å². The smallest absolute Gasteiger partial charge is 0.270 e. The number of likely N-dealkylation sites (tertiary alicyclic amines) is 1. The topological polar surface area (TPSA) is 65.5 Å². The summed E-state index contributed by atoms with van der Waals surface area (Å²) < 4.78 is 12.9. The average molecular weight is 329 g/mol. The lowest BCUT2D eigenvalue weighted by Gasteiger charge is -2.16. The van der Waals surface area contributed by atoms with Crippen LogP contribution in [0.3, 0.4) is 0 Å². The van der Waals surface area contributed by atoms with Gasteiger partial charge >= 0.3 is 0 Å². The zero-order valence-electron chi connectivity index (χ0n) is 13.2. The number of halogens is 1. The number of carbonyl (C=O) groups is 1. The first kappa shape index (κ1) is 16.5. The molecule has 0 bridgehead atoms. The first-order valence-electron chi connectivity index (χ1n) is 7.98. The van der Waals surface area contributed by atoms with Crippen LogP contribution in [0.5, 0.6) is 0 Å². The van der Waals surface area contributed by atoms with Gasteiger partial charge < -0.3 is 10.4 Å². The van der Waals surface area contributed by atoms with Gasteiger partial charge in [0, 0.05) is 25.8 Å². The molecule has 1 aliphatic rings. The Bertz CT molecular complexity index is 678. The van der Waals surface area contributed by atoms with E-state index in [1.807, 2.05) is 0 Å². The summed E-state index contributed by atoms with van der Waals surface area (Å²) in [6, 6.07) is 11.3. The van der Waals surface area contributed by atoms with Gasteiger partial charge in [0.15, 0.2) is 0 Å². The summed E-state index contributed by atoms with van der Waals surface area (Å²) in [6.07, 6.45) is 1.73. The van der Waals surface area contributed by atoms with Gasteiger partial charge in [0.2, 0.25) is 0 Å². The average Bonchev–Trinajstić information content (AvgIpc) is 2.95.